The molecule has 3 rings (SSSR count). The van der Waals surface area contributed by atoms with Gasteiger partial charge in [-0.3, -0.25) is 0 Å². The van der Waals surface area contributed by atoms with Gasteiger partial charge in [-0.2, -0.15) is 26.3 Å². The van der Waals surface area contributed by atoms with Gasteiger partial charge in [0, 0.05) is 12.0 Å². The average Bonchev–Trinajstić information content (AvgIpc) is 2.66. The maximum Gasteiger partial charge on any atom is 0.416 e. The highest BCUT2D eigenvalue weighted by Crippen LogP contribution is 2.48. The summed E-state index contributed by atoms with van der Waals surface area (Å²) in [4.78, 5) is 0. The number of benzene rings is 2. The Bertz CT molecular complexity index is 822. The third-order valence-corrected chi connectivity index (χ3v) is 5.69. The van der Waals surface area contributed by atoms with Crippen molar-refractivity contribution in [3.63, 3.8) is 0 Å². The molecule has 1 aliphatic rings. The third kappa shape index (κ3) is 4.81. The predicted molar refractivity (Wildman–Crippen MR) is 98.7 cm³/mol. The molecule has 30 heavy (non-hydrogen) atoms. The zero-order valence-electron chi connectivity index (χ0n) is 16.2. The highest BCUT2D eigenvalue weighted by molar-refractivity contribution is 5.35. The minimum atomic E-state index is -4.90. The number of hydrogen-bond donors (Lipinski definition) is 1. The first-order valence-corrected chi connectivity index (χ1v) is 9.52. The van der Waals surface area contributed by atoms with Gasteiger partial charge in [-0.15, -0.1) is 0 Å². The van der Waals surface area contributed by atoms with Gasteiger partial charge >= 0.3 is 12.4 Å². The van der Waals surface area contributed by atoms with E-state index in [1.807, 2.05) is 30.3 Å². The van der Waals surface area contributed by atoms with E-state index in [9.17, 15) is 31.4 Å². The van der Waals surface area contributed by atoms with Crippen molar-refractivity contribution in [3.05, 3.63) is 70.8 Å². The van der Waals surface area contributed by atoms with Gasteiger partial charge in [-0.25, -0.2) is 0 Å². The third-order valence-electron chi connectivity index (χ3n) is 5.69. The molecule has 0 aliphatic heterocycles. The number of aliphatic hydroxyl groups excluding tert-OH is 1. The summed E-state index contributed by atoms with van der Waals surface area (Å²) < 4.78 is 84.5. The smallest absolute Gasteiger partial charge is 0.396 e. The Balaban J connectivity index is 1.84. The number of rotatable bonds is 6. The molecule has 2 aromatic rings. The van der Waals surface area contributed by atoms with E-state index in [0.717, 1.165) is 5.56 Å². The lowest BCUT2D eigenvalue weighted by atomic mass is 9.59. The predicted octanol–water partition coefficient (Wildman–Crippen LogP) is 6.14. The first kappa shape index (κ1) is 22.6. The molecular formula is C22H22F6O2. The summed E-state index contributed by atoms with van der Waals surface area (Å²) >= 11 is 0. The molecule has 0 saturated heterocycles. The van der Waals surface area contributed by atoms with E-state index in [1.54, 1.807) is 0 Å². The van der Waals surface area contributed by atoms with Crippen LogP contribution in [-0.4, -0.2) is 18.3 Å². The molecule has 1 atom stereocenters. The van der Waals surface area contributed by atoms with Crippen molar-refractivity contribution in [1.29, 1.82) is 0 Å². The first-order valence-electron chi connectivity index (χ1n) is 9.52. The quantitative estimate of drug-likeness (QED) is 0.556. The van der Waals surface area contributed by atoms with Gasteiger partial charge in [0.2, 0.25) is 0 Å². The van der Waals surface area contributed by atoms with Crippen LogP contribution in [0.5, 0.6) is 0 Å². The van der Waals surface area contributed by atoms with Crippen molar-refractivity contribution >= 4 is 0 Å². The van der Waals surface area contributed by atoms with E-state index in [0.29, 0.717) is 25.0 Å². The number of halogens is 6. The van der Waals surface area contributed by atoms with Crippen LogP contribution in [0.25, 0.3) is 0 Å². The molecule has 0 heterocycles. The molecule has 164 valence electrons. The maximum atomic E-state index is 13.1. The van der Waals surface area contributed by atoms with Gasteiger partial charge in [-0.05, 0) is 55.0 Å². The Morgan fingerprint density at radius 2 is 1.50 bits per heavy atom. The Hall–Kier alpha value is -2.06. The second-order valence-corrected chi connectivity index (χ2v) is 7.90. The Morgan fingerprint density at radius 1 is 0.967 bits per heavy atom. The highest BCUT2D eigenvalue weighted by Gasteiger charge is 2.45. The second kappa shape index (κ2) is 8.23. The second-order valence-electron chi connectivity index (χ2n) is 7.90. The van der Waals surface area contributed by atoms with Gasteiger partial charge in [0.25, 0.3) is 0 Å². The lowest BCUT2D eigenvalue weighted by molar-refractivity contribution is -0.143. The summed E-state index contributed by atoms with van der Waals surface area (Å²) in [6.07, 6.45) is -9.50. The van der Waals surface area contributed by atoms with Gasteiger partial charge < -0.3 is 9.84 Å². The number of alkyl halides is 6. The zero-order valence-corrected chi connectivity index (χ0v) is 16.2. The Kier molecular flexibility index (Phi) is 6.20. The van der Waals surface area contributed by atoms with Crippen molar-refractivity contribution in [2.45, 2.75) is 43.6 Å². The Morgan fingerprint density at radius 3 is 1.97 bits per heavy atom. The molecule has 0 radical (unpaired) electrons. The molecular weight excluding hydrogens is 410 g/mol. The molecule has 0 bridgehead atoms. The van der Waals surface area contributed by atoms with E-state index in [4.69, 9.17) is 4.74 Å². The molecule has 0 unspecified atom stereocenters. The van der Waals surface area contributed by atoms with Gasteiger partial charge in [0.05, 0.1) is 23.8 Å². The summed E-state index contributed by atoms with van der Waals surface area (Å²) in [6, 6.07) is 10.9. The highest BCUT2D eigenvalue weighted by atomic mass is 19.4. The molecule has 0 spiro atoms. The van der Waals surface area contributed by atoms with E-state index in [-0.39, 0.29) is 30.8 Å². The average molecular weight is 432 g/mol. The SMILES string of the molecule is C[C@@H](OCC1(c2ccccc2)CC(CO)C1)c1cc(C(F)(F)F)cc(C(F)(F)F)c1. The van der Waals surface area contributed by atoms with Crippen molar-refractivity contribution < 1.29 is 36.2 Å². The van der Waals surface area contributed by atoms with Crippen LogP contribution in [0.15, 0.2) is 48.5 Å². The molecule has 8 heteroatoms. The summed E-state index contributed by atoms with van der Waals surface area (Å²) in [5.41, 5.74) is -2.34. The minimum Gasteiger partial charge on any atom is -0.396 e. The summed E-state index contributed by atoms with van der Waals surface area (Å²) in [5.74, 6) is 0.0921. The first-order chi connectivity index (χ1) is 13.9. The van der Waals surface area contributed by atoms with E-state index in [2.05, 4.69) is 0 Å². The largest absolute Gasteiger partial charge is 0.416 e. The number of hydrogen-bond acceptors (Lipinski definition) is 2. The topological polar surface area (TPSA) is 29.5 Å². The minimum absolute atomic E-state index is 0.0205. The Labute approximate surface area is 170 Å². The van der Waals surface area contributed by atoms with Crippen LogP contribution in [0.1, 0.15) is 48.1 Å². The van der Waals surface area contributed by atoms with Crippen LogP contribution >= 0.6 is 0 Å². The van der Waals surface area contributed by atoms with Crippen LogP contribution in [0.4, 0.5) is 26.3 Å². The van der Waals surface area contributed by atoms with E-state index in [1.165, 1.54) is 6.92 Å². The molecule has 0 amide bonds. The van der Waals surface area contributed by atoms with Gasteiger partial charge in [0.1, 0.15) is 0 Å². The fourth-order valence-corrected chi connectivity index (χ4v) is 4.00. The molecule has 1 aliphatic carbocycles. The maximum absolute atomic E-state index is 13.1. The summed E-state index contributed by atoms with van der Waals surface area (Å²) in [6.45, 7) is 1.59. The number of aliphatic hydroxyl groups is 1. The van der Waals surface area contributed by atoms with Crippen LogP contribution in [0, 0.1) is 5.92 Å². The molecule has 1 fully saturated rings. The van der Waals surface area contributed by atoms with Crippen LogP contribution in [0.2, 0.25) is 0 Å². The lowest BCUT2D eigenvalue weighted by Crippen LogP contribution is -2.46. The lowest BCUT2D eigenvalue weighted by Gasteiger charge is -2.48. The fourth-order valence-electron chi connectivity index (χ4n) is 4.00. The van der Waals surface area contributed by atoms with Crippen molar-refractivity contribution in [1.82, 2.24) is 0 Å². The standard InChI is InChI=1S/C22H22F6O2/c1-14(16-7-18(21(23,24)25)9-19(8-16)22(26,27)28)30-13-20(10-15(11-20)12-29)17-5-3-2-4-6-17/h2-9,14-15,29H,10-13H2,1H3/t14-,15?,20?/m1/s1. The van der Waals surface area contributed by atoms with Crippen LogP contribution in [-0.2, 0) is 22.5 Å². The monoisotopic (exact) mass is 432 g/mol. The van der Waals surface area contributed by atoms with E-state index >= 15 is 0 Å². The molecule has 2 aromatic carbocycles. The fraction of sp³-hybridized carbons (Fsp3) is 0.455. The number of ether oxygens (including phenoxy) is 1. The molecule has 2 nitrogen and oxygen atoms in total. The normalized spacial score (nSPS) is 23.1. The summed E-state index contributed by atoms with van der Waals surface area (Å²) in [5, 5.41) is 9.38. The van der Waals surface area contributed by atoms with Crippen LogP contribution < -0.4 is 0 Å². The van der Waals surface area contributed by atoms with E-state index < -0.39 is 35.0 Å². The molecule has 0 aromatic heterocycles. The molecule has 1 N–H and O–H groups in total. The van der Waals surface area contributed by atoms with Gasteiger partial charge in [-0.1, -0.05) is 30.3 Å². The van der Waals surface area contributed by atoms with Crippen molar-refractivity contribution in [3.8, 4) is 0 Å². The van der Waals surface area contributed by atoms with Crippen LogP contribution in [0.3, 0.4) is 0 Å². The molecule has 1 saturated carbocycles. The van der Waals surface area contributed by atoms with Gasteiger partial charge in [0.15, 0.2) is 0 Å². The van der Waals surface area contributed by atoms with Crippen molar-refractivity contribution in [2.75, 3.05) is 13.2 Å². The zero-order chi connectivity index (χ0) is 22.2. The summed E-state index contributed by atoms with van der Waals surface area (Å²) in [7, 11) is 0. The van der Waals surface area contributed by atoms with Crippen molar-refractivity contribution in [2.24, 2.45) is 5.92 Å².